The Kier molecular flexibility index (Phi) is 4.10. The van der Waals surface area contributed by atoms with Crippen LogP contribution in [0.4, 0.5) is 0 Å². The van der Waals surface area contributed by atoms with Gasteiger partial charge in [-0.1, -0.05) is 6.08 Å². The number of hydrogen-bond donors (Lipinski definition) is 3. The minimum atomic E-state index is -0.518. The third-order valence-electron chi connectivity index (χ3n) is 2.40. The van der Waals surface area contributed by atoms with Gasteiger partial charge in [0.05, 0.1) is 12.2 Å². The summed E-state index contributed by atoms with van der Waals surface area (Å²) in [5, 5.41) is 21.3. The Labute approximate surface area is 83.6 Å². The Morgan fingerprint density at radius 1 is 1.50 bits per heavy atom. The number of aliphatic hydroxyl groups is 2. The molecule has 0 aromatic heterocycles. The van der Waals surface area contributed by atoms with Gasteiger partial charge in [0.1, 0.15) is 0 Å². The van der Waals surface area contributed by atoms with E-state index in [9.17, 15) is 15.0 Å². The van der Waals surface area contributed by atoms with Crippen LogP contribution in [0.3, 0.4) is 0 Å². The van der Waals surface area contributed by atoms with E-state index in [-0.39, 0.29) is 11.8 Å². The molecular weight excluding hydrogens is 182 g/mol. The Hall–Kier alpha value is -0.870. The van der Waals surface area contributed by atoms with Gasteiger partial charge < -0.3 is 15.5 Å². The van der Waals surface area contributed by atoms with Crippen LogP contribution >= 0.6 is 0 Å². The standard InChI is InChI=1S/C10H17NO3/c1-2-11-10(14)4-3-7-5-8(12)6-9(7)13/h3-4,7-9,12-13H,2,5-6H2,1H3,(H,11,14)/b4-3+/t7-,8+,9+/m0/s1. The first-order valence-corrected chi connectivity index (χ1v) is 4.95. The second kappa shape index (κ2) is 5.12. The summed E-state index contributed by atoms with van der Waals surface area (Å²) in [4.78, 5) is 11.0. The van der Waals surface area contributed by atoms with E-state index < -0.39 is 12.2 Å². The number of carbonyl (C=O) groups excluding carboxylic acids is 1. The van der Waals surface area contributed by atoms with Crippen molar-refractivity contribution in [3.8, 4) is 0 Å². The highest BCUT2D eigenvalue weighted by molar-refractivity contribution is 5.87. The van der Waals surface area contributed by atoms with Crippen LogP contribution in [0.1, 0.15) is 19.8 Å². The molecule has 3 atom stereocenters. The Morgan fingerprint density at radius 3 is 2.71 bits per heavy atom. The quantitative estimate of drug-likeness (QED) is 0.552. The Balaban J connectivity index is 2.40. The molecule has 1 rings (SSSR count). The molecule has 0 radical (unpaired) electrons. The topological polar surface area (TPSA) is 69.6 Å². The first kappa shape index (κ1) is 11.2. The maximum atomic E-state index is 11.0. The molecule has 1 amide bonds. The predicted octanol–water partition coefficient (Wildman–Crippen LogP) is -0.190. The van der Waals surface area contributed by atoms with Crippen LogP contribution in [0, 0.1) is 5.92 Å². The monoisotopic (exact) mass is 199 g/mol. The van der Waals surface area contributed by atoms with Crippen LogP contribution < -0.4 is 5.32 Å². The smallest absolute Gasteiger partial charge is 0.243 e. The van der Waals surface area contributed by atoms with Crippen molar-refractivity contribution in [2.24, 2.45) is 5.92 Å². The van der Waals surface area contributed by atoms with Crippen LogP contribution in [0.15, 0.2) is 12.2 Å². The van der Waals surface area contributed by atoms with E-state index in [0.717, 1.165) is 0 Å². The average Bonchev–Trinajstić information content (AvgIpc) is 2.42. The van der Waals surface area contributed by atoms with Crippen LogP contribution in [0.5, 0.6) is 0 Å². The summed E-state index contributed by atoms with van der Waals surface area (Å²) in [7, 11) is 0. The van der Waals surface area contributed by atoms with Gasteiger partial charge in [-0.15, -0.1) is 0 Å². The summed E-state index contributed by atoms with van der Waals surface area (Å²) in [5.74, 6) is -0.242. The lowest BCUT2D eigenvalue weighted by Gasteiger charge is -2.07. The number of aliphatic hydroxyl groups excluding tert-OH is 2. The summed E-state index contributed by atoms with van der Waals surface area (Å²) in [5.41, 5.74) is 0. The fourth-order valence-electron chi connectivity index (χ4n) is 1.67. The first-order valence-electron chi connectivity index (χ1n) is 4.95. The van der Waals surface area contributed by atoms with E-state index in [1.54, 1.807) is 6.08 Å². The van der Waals surface area contributed by atoms with Gasteiger partial charge in [0.25, 0.3) is 0 Å². The predicted molar refractivity (Wildman–Crippen MR) is 52.6 cm³/mol. The lowest BCUT2D eigenvalue weighted by Crippen LogP contribution is -2.20. The Bertz CT molecular complexity index is 227. The normalized spacial score (nSPS) is 32.4. The second-order valence-corrected chi connectivity index (χ2v) is 3.61. The van der Waals surface area contributed by atoms with Crippen molar-refractivity contribution < 1.29 is 15.0 Å². The maximum absolute atomic E-state index is 11.0. The van der Waals surface area contributed by atoms with E-state index in [1.165, 1.54) is 6.08 Å². The first-order chi connectivity index (χ1) is 6.63. The summed E-state index contributed by atoms with van der Waals surface area (Å²) >= 11 is 0. The molecule has 0 spiro atoms. The van der Waals surface area contributed by atoms with Gasteiger partial charge in [-0.25, -0.2) is 0 Å². The average molecular weight is 199 g/mol. The number of amides is 1. The molecule has 0 heterocycles. The number of hydrogen-bond acceptors (Lipinski definition) is 3. The molecule has 1 saturated carbocycles. The molecule has 0 bridgehead atoms. The van der Waals surface area contributed by atoms with E-state index >= 15 is 0 Å². The van der Waals surface area contributed by atoms with Gasteiger partial charge in [-0.2, -0.15) is 0 Å². The largest absolute Gasteiger partial charge is 0.393 e. The molecule has 0 saturated heterocycles. The summed E-state index contributed by atoms with van der Waals surface area (Å²) in [6.07, 6.45) is 3.09. The van der Waals surface area contributed by atoms with Crippen molar-refractivity contribution in [3.05, 3.63) is 12.2 Å². The zero-order valence-electron chi connectivity index (χ0n) is 8.31. The van der Waals surface area contributed by atoms with Crippen molar-refractivity contribution in [1.82, 2.24) is 5.32 Å². The van der Waals surface area contributed by atoms with Gasteiger partial charge in [-0.3, -0.25) is 4.79 Å². The van der Waals surface area contributed by atoms with Gasteiger partial charge in [0.15, 0.2) is 0 Å². The molecule has 1 aliphatic carbocycles. The van der Waals surface area contributed by atoms with Crippen molar-refractivity contribution >= 4 is 5.91 Å². The number of carbonyl (C=O) groups is 1. The van der Waals surface area contributed by atoms with Crippen LogP contribution in [0.25, 0.3) is 0 Å². The van der Waals surface area contributed by atoms with Crippen LogP contribution in [-0.4, -0.2) is 34.9 Å². The summed E-state index contributed by atoms with van der Waals surface area (Å²) in [6, 6.07) is 0. The minimum Gasteiger partial charge on any atom is -0.393 e. The number of likely N-dealkylation sites (N-methyl/N-ethyl adjacent to an activating group) is 1. The van der Waals surface area contributed by atoms with Gasteiger partial charge in [0, 0.05) is 12.5 Å². The van der Waals surface area contributed by atoms with Gasteiger partial charge >= 0.3 is 0 Å². The lowest BCUT2D eigenvalue weighted by molar-refractivity contribution is -0.116. The summed E-state index contributed by atoms with van der Waals surface area (Å²) < 4.78 is 0. The molecule has 4 heteroatoms. The van der Waals surface area contributed by atoms with Crippen LogP contribution in [-0.2, 0) is 4.79 Å². The molecule has 0 aromatic carbocycles. The molecule has 0 aromatic rings. The highest BCUT2D eigenvalue weighted by Crippen LogP contribution is 2.26. The van der Waals surface area contributed by atoms with E-state index in [2.05, 4.69) is 5.32 Å². The van der Waals surface area contributed by atoms with Crippen molar-refractivity contribution in [1.29, 1.82) is 0 Å². The Morgan fingerprint density at radius 2 is 2.21 bits per heavy atom. The van der Waals surface area contributed by atoms with E-state index in [0.29, 0.717) is 19.4 Å². The maximum Gasteiger partial charge on any atom is 0.243 e. The minimum absolute atomic E-state index is 0.0902. The third-order valence-corrected chi connectivity index (χ3v) is 2.40. The fourth-order valence-corrected chi connectivity index (χ4v) is 1.67. The van der Waals surface area contributed by atoms with E-state index in [4.69, 9.17) is 0 Å². The van der Waals surface area contributed by atoms with Gasteiger partial charge in [0.2, 0.25) is 5.91 Å². The third kappa shape index (κ3) is 3.12. The molecule has 0 aliphatic heterocycles. The van der Waals surface area contributed by atoms with Crippen LogP contribution in [0.2, 0.25) is 0 Å². The lowest BCUT2D eigenvalue weighted by atomic mass is 10.1. The molecular formula is C10H17NO3. The highest BCUT2D eigenvalue weighted by Gasteiger charge is 2.29. The molecule has 80 valence electrons. The number of nitrogens with one attached hydrogen (secondary N) is 1. The molecule has 4 nitrogen and oxygen atoms in total. The molecule has 1 fully saturated rings. The molecule has 14 heavy (non-hydrogen) atoms. The van der Waals surface area contributed by atoms with Crippen molar-refractivity contribution in [3.63, 3.8) is 0 Å². The fraction of sp³-hybridized carbons (Fsp3) is 0.700. The second-order valence-electron chi connectivity index (χ2n) is 3.61. The van der Waals surface area contributed by atoms with Gasteiger partial charge in [-0.05, 0) is 25.8 Å². The molecule has 1 aliphatic rings. The molecule has 3 N–H and O–H groups in total. The summed E-state index contributed by atoms with van der Waals surface area (Å²) in [6.45, 7) is 2.44. The van der Waals surface area contributed by atoms with E-state index in [1.807, 2.05) is 6.92 Å². The molecule has 0 unspecified atom stereocenters. The number of rotatable bonds is 3. The zero-order valence-corrected chi connectivity index (χ0v) is 8.31. The van der Waals surface area contributed by atoms with Crippen molar-refractivity contribution in [2.75, 3.05) is 6.54 Å². The zero-order chi connectivity index (χ0) is 10.6. The SMILES string of the molecule is CCNC(=O)/C=C/[C@H]1C[C@@H](O)C[C@H]1O. The highest BCUT2D eigenvalue weighted by atomic mass is 16.3. The van der Waals surface area contributed by atoms with Crippen molar-refractivity contribution in [2.45, 2.75) is 32.0 Å².